The maximum Gasteiger partial charge on any atom is 0.338 e. The highest BCUT2D eigenvalue weighted by atomic mass is 32.2. The minimum atomic E-state index is -4.06. The molecule has 0 spiro atoms. The number of hydrogen-bond donors (Lipinski definition) is 0. The van der Waals surface area contributed by atoms with E-state index < -0.39 is 32.3 Å². The predicted molar refractivity (Wildman–Crippen MR) is 123 cm³/mol. The van der Waals surface area contributed by atoms with Crippen molar-refractivity contribution in [1.82, 2.24) is 4.31 Å². The molecule has 0 N–H and O–H groups in total. The van der Waals surface area contributed by atoms with Crippen molar-refractivity contribution in [3.05, 3.63) is 74.9 Å². The fourth-order valence-electron chi connectivity index (χ4n) is 4.71. The van der Waals surface area contributed by atoms with E-state index in [2.05, 4.69) is 0 Å². The number of ether oxygens (including phenoxy) is 1. The van der Waals surface area contributed by atoms with Crippen LogP contribution in [0.15, 0.2) is 50.5 Å². The standard InChI is InChI=1S/C25H24FNO6S/c26-21-8-7-18(13-23(21)34(30,31)27-9-2-1-3-10-27)25(29)32-15-19-14-24(28)33-22-12-17-6-4-5-16(17)11-20(19)22/h7-8,11-14H,1-6,9-10,15H2. The quantitative estimate of drug-likeness (QED) is 0.401. The molecule has 7 nitrogen and oxygen atoms in total. The zero-order valence-corrected chi connectivity index (χ0v) is 19.3. The molecular formula is C25H24FNO6S. The minimum absolute atomic E-state index is 0.0786. The van der Waals surface area contributed by atoms with E-state index in [-0.39, 0.29) is 12.2 Å². The molecule has 0 unspecified atom stereocenters. The van der Waals surface area contributed by atoms with Crippen molar-refractivity contribution in [3.8, 4) is 0 Å². The van der Waals surface area contributed by atoms with Crippen LogP contribution in [0, 0.1) is 5.82 Å². The van der Waals surface area contributed by atoms with Crippen molar-refractivity contribution in [2.45, 2.75) is 50.0 Å². The van der Waals surface area contributed by atoms with Gasteiger partial charge in [-0.3, -0.25) is 0 Å². The van der Waals surface area contributed by atoms with Crippen molar-refractivity contribution in [2.75, 3.05) is 13.1 Å². The summed E-state index contributed by atoms with van der Waals surface area (Å²) < 4.78 is 52.3. The number of hydrogen-bond acceptors (Lipinski definition) is 6. The predicted octanol–water partition coefficient (Wildman–Crippen LogP) is 3.95. The zero-order valence-electron chi connectivity index (χ0n) is 18.5. The molecule has 178 valence electrons. The molecule has 3 aromatic rings. The van der Waals surface area contributed by atoms with E-state index in [9.17, 15) is 22.4 Å². The number of fused-ring (bicyclic) bond motifs is 2. The molecule has 1 saturated heterocycles. The Morgan fingerprint density at radius 1 is 1.00 bits per heavy atom. The number of sulfonamides is 1. The molecule has 34 heavy (non-hydrogen) atoms. The Hall–Kier alpha value is -3.04. The van der Waals surface area contributed by atoms with Gasteiger partial charge in [-0.1, -0.05) is 6.42 Å². The number of nitrogens with zero attached hydrogens (tertiary/aromatic N) is 1. The van der Waals surface area contributed by atoms with Crippen LogP contribution in [-0.2, 0) is 34.2 Å². The second-order valence-corrected chi connectivity index (χ2v) is 10.7. The van der Waals surface area contributed by atoms with Crippen molar-refractivity contribution in [1.29, 1.82) is 0 Å². The van der Waals surface area contributed by atoms with E-state index in [1.807, 2.05) is 12.1 Å². The topological polar surface area (TPSA) is 93.9 Å². The Morgan fingerprint density at radius 2 is 1.74 bits per heavy atom. The Labute approximate surface area is 196 Å². The molecule has 2 aliphatic rings. The summed E-state index contributed by atoms with van der Waals surface area (Å²) in [7, 11) is -4.06. The Bertz CT molecular complexity index is 1440. The number of carbonyl (C=O) groups is 1. The molecule has 1 aromatic heterocycles. The van der Waals surface area contributed by atoms with Crippen LogP contribution < -0.4 is 5.63 Å². The van der Waals surface area contributed by atoms with Gasteiger partial charge in [-0.15, -0.1) is 0 Å². The fourth-order valence-corrected chi connectivity index (χ4v) is 6.32. The monoisotopic (exact) mass is 485 g/mol. The van der Waals surface area contributed by atoms with Crippen molar-refractivity contribution >= 4 is 27.0 Å². The minimum Gasteiger partial charge on any atom is -0.457 e. The van der Waals surface area contributed by atoms with E-state index in [0.717, 1.165) is 43.4 Å². The molecule has 1 aliphatic heterocycles. The van der Waals surface area contributed by atoms with E-state index in [1.54, 1.807) is 0 Å². The second-order valence-electron chi connectivity index (χ2n) is 8.75. The lowest BCUT2D eigenvalue weighted by molar-refractivity contribution is 0.0473. The fraction of sp³-hybridized carbons (Fsp3) is 0.360. The zero-order chi connectivity index (χ0) is 23.9. The number of esters is 1. The molecule has 5 rings (SSSR count). The average molecular weight is 486 g/mol. The van der Waals surface area contributed by atoms with Crippen molar-refractivity contribution < 1.29 is 26.8 Å². The molecule has 0 atom stereocenters. The van der Waals surface area contributed by atoms with Gasteiger partial charge in [0.05, 0.1) is 5.56 Å². The lowest BCUT2D eigenvalue weighted by Gasteiger charge is -2.26. The number of carbonyl (C=O) groups excluding carboxylic acids is 1. The van der Waals surface area contributed by atoms with Crippen LogP contribution in [0.3, 0.4) is 0 Å². The Morgan fingerprint density at radius 3 is 2.50 bits per heavy atom. The van der Waals surface area contributed by atoms with E-state index in [4.69, 9.17) is 9.15 Å². The molecular weight excluding hydrogens is 461 g/mol. The van der Waals surface area contributed by atoms with Gasteiger partial charge in [0, 0.05) is 30.1 Å². The van der Waals surface area contributed by atoms with Gasteiger partial charge in [0.1, 0.15) is 22.9 Å². The van der Waals surface area contributed by atoms with Crippen LogP contribution in [0.4, 0.5) is 4.39 Å². The highest BCUT2D eigenvalue weighted by molar-refractivity contribution is 7.89. The maximum absolute atomic E-state index is 14.5. The average Bonchev–Trinajstić information content (AvgIpc) is 3.29. The Balaban J connectivity index is 1.40. The van der Waals surface area contributed by atoms with Crippen LogP contribution in [-0.4, -0.2) is 31.8 Å². The first-order valence-corrected chi connectivity index (χ1v) is 12.8. The van der Waals surface area contributed by atoms with Gasteiger partial charge < -0.3 is 9.15 Å². The molecule has 0 bridgehead atoms. The van der Waals surface area contributed by atoms with Crippen LogP contribution in [0.25, 0.3) is 11.0 Å². The summed E-state index contributed by atoms with van der Waals surface area (Å²) >= 11 is 0. The third-order valence-electron chi connectivity index (χ3n) is 6.50. The molecule has 2 aromatic carbocycles. The number of rotatable bonds is 5. The maximum atomic E-state index is 14.5. The van der Waals surface area contributed by atoms with Crippen LogP contribution in [0.5, 0.6) is 0 Å². The summed E-state index contributed by atoms with van der Waals surface area (Å²) in [6.45, 7) is 0.443. The van der Waals surface area contributed by atoms with Crippen molar-refractivity contribution in [3.63, 3.8) is 0 Å². The van der Waals surface area contributed by atoms with Crippen LogP contribution >= 0.6 is 0 Å². The first-order chi connectivity index (χ1) is 16.3. The number of benzene rings is 2. The molecule has 0 amide bonds. The summed E-state index contributed by atoms with van der Waals surface area (Å²) in [6.07, 6.45) is 5.26. The van der Waals surface area contributed by atoms with Gasteiger partial charge in [-0.25, -0.2) is 22.4 Å². The van der Waals surface area contributed by atoms with Gasteiger partial charge in [0.25, 0.3) is 0 Å². The van der Waals surface area contributed by atoms with Gasteiger partial charge in [-0.05, 0) is 73.6 Å². The number of piperidine rings is 1. The lowest BCUT2D eigenvalue weighted by atomic mass is 10.0. The summed E-state index contributed by atoms with van der Waals surface area (Å²) in [5, 5.41) is 0.695. The van der Waals surface area contributed by atoms with Crippen LogP contribution in [0.2, 0.25) is 0 Å². The number of halogens is 1. The van der Waals surface area contributed by atoms with Gasteiger partial charge in [0.2, 0.25) is 10.0 Å². The molecule has 9 heteroatoms. The first-order valence-electron chi connectivity index (χ1n) is 11.4. The third-order valence-corrected chi connectivity index (χ3v) is 8.41. The van der Waals surface area contributed by atoms with Crippen LogP contribution in [0.1, 0.15) is 52.7 Å². The smallest absolute Gasteiger partial charge is 0.338 e. The highest BCUT2D eigenvalue weighted by Crippen LogP contribution is 2.29. The first kappa shape index (κ1) is 22.7. The van der Waals surface area contributed by atoms with E-state index >= 15 is 0 Å². The summed E-state index contributed by atoms with van der Waals surface area (Å²) in [6, 6.07) is 8.29. The van der Waals surface area contributed by atoms with Gasteiger partial charge in [-0.2, -0.15) is 4.31 Å². The lowest BCUT2D eigenvalue weighted by Crippen LogP contribution is -2.36. The van der Waals surface area contributed by atoms with Gasteiger partial charge in [0.15, 0.2) is 0 Å². The molecule has 2 heterocycles. The van der Waals surface area contributed by atoms with Gasteiger partial charge >= 0.3 is 11.6 Å². The molecule has 0 saturated carbocycles. The Kier molecular flexibility index (Phi) is 5.99. The summed E-state index contributed by atoms with van der Waals surface area (Å²) in [5.41, 5.74) is 2.64. The SMILES string of the molecule is O=C(OCc1cc(=O)oc2cc3c(cc12)CCC3)c1ccc(F)c(S(=O)(=O)N2CCCCC2)c1. The normalized spacial score (nSPS) is 16.5. The molecule has 0 radical (unpaired) electrons. The summed E-state index contributed by atoms with van der Waals surface area (Å²) in [4.78, 5) is 24.2. The van der Waals surface area contributed by atoms with Crippen molar-refractivity contribution in [2.24, 2.45) is 0 Å². The van der Waals surface area contributed by atoms with E-state index in [1.165, 1.54) is 22.0 Å². The third kappa shape index (κ3) is 4.25. The molecule has 1 aliphatic carbocycles. The number of aryl methyl sites for hydroxylation is 2. The second kappa shape index (κ2) is 8.96. The summed E-state index contributed by atoms with van der Waals surface area (Å²) in [5.74, 6) is -1.72. The largest absolute Gasteiger partial charge is 0.457 e. The highest BCUT2D eigenvalue weighted by Gasteiger charge is 2.29. The molecule has 1 fully saturated rings. The van der Waals surface area contributed by atoms with E-state index in [0.29, 0.717) is 42.5 Å².